The number of nitrogens with zero attached hydrogens (tertiary/aromatic N) is 2. The van der Waals surface area contributed by atoms with Gasteiger partial charge in [-0.1, -0.05) is 17.7 Å². The maximum absolute atomic E-state index is 13.2. The van der Waals surface area contributed by atoms with E-state index < -0.39 is 5.82 Å². The van der Waals surface area contributed by atoms with E-state index in [1.165, 1.54) is 24.3 Å². The standard InChI is InChI=1S/C20H18ClF2N3O/c1-26-12-15(20(25-26)14-3-6-16(22)7-4-14)5-9-19(27)24-11-13-2-8-18(23)17(21)10-13/h2-4,6-8,10,12H,5,9,11H2,1H3,(H,24,27). The van der Waals surface area contributed by atoms with Crippen LogP contribution in [-0.2, 0) is 24.8 Å². The van der Waals surface area contributed by atoms with E-state index in [0.717, 1.165) is 22.4 Å². The van der Waals surface area contributed by atoms with Crippen LogP contribution >= 0.6 is 11.6 Å². The lowest BCUT2D eigenvalue weighted by Gasteiger charge is -2.07. The van der Waals surface area contributed by atoms with Crippen molar-refractivity contribution in [2.45, 2.75) is 19.4 Å². The molecule has 3 rings (SSSR count). The second-order valence-electron chi connectivity index (χ2n) is 6.21. The summed E-state index contributed by atoms with van der Waals surface area (Å²) in [7, 11) is 1.80. The van der Waals surface area contributed by atoms with Crippen LogP contribution in [0.5, 0.6) is 0 Å². The molecule has 0 fully saturated rings. The third-order valence-electron chi connectivity index (χ3n) is 4.12. The summed E-state index contributed by atoms with van der Waals surface area (Å²) in [6, 6.07) is 10.4. The highest BCUT2D eigenvalue weighted by Crippen LogP contribution is 2.23. The predicted octanol–water partition coefficient (Wildman–Crippen LogP) is 4.27. The average Bonchev–Trinajstić information content (AvgIpc) is 3.02. The van der Waals surface area contributed by atoms with Gasteiger partial charge in [-0.2, -0.15) is 5.10 Å². The second kappa shape index (κ2) is 8.31. The summed E-state index contributed by atoms with van der Waals surface area (Å²) in [6.45, 7) is 0.274. The lowest BCUT2D eigenvalue weighted by molar-refractivity contribution is -0.121. The molecule has 0 spiro atoms. The van der Waals surface area contributed by atoms with Crippen molar-refractivity contribution >= 4 is 17.5 Å². The highest BCUT2D eigenvalue weighted by molar-refractivity contribution is 6.30. The fourth-order valence-corrected chi connectivity index (χ4v) is 2.96. The topological polar surface area (TPSA) is 46.9 Å². The third-order valence-corrected chi connectivity index (χ3v) is 4.41. The molecule has 0 radical (unpaired) electrons. The van der Waals surface area contributed by atoms with Crippen LogP contribution < -0.4 is 5.32 Å². The van der Waals surface area contributed by atoms with Crippen LogP contribution in [0, 0.1) is 11.6 Å². The Bertz CT molecular complexity index is 954. The van der Waals surface area contributed by atoms with Crippen LogP contribution in [0.1, 0.15) is 17.5 Å². The van der Waals surface area contributed by atoms with Gasteiger partial charge < -0.3 is 5.32 Å². The van der Waals surface area contributed by atoms with Gasteiger partial charge in [0.25, 0.3) is 0 Å². The van der Waals surface area contributed by atoms with E-state index in [0.29, 0.717) is 6.42 Å². The second-order valence-corrected chi connectivity index (χ2v) is 6.62. The number of halogens is 3. The largest absolute Gasteiger partial charge is 0.352 e. The number of aryl methyl sites for hydroxylation is 2. The van der Waals surface area contributed by atoms with Crippen LogP contribution in [0.15, 0.2) is 48.7 Å². The molecule has 0 saturated heterocycles. The first-order chi connectivity index (χ1) is 12.9. The first-order valence-corrected chi connectivity index (χ1v) is 8.79. The number of aromatic nitrogens is 2. The number of carbonyl (C=O) groups is 1. The fraction of sp³-hybridized carbons (Fsp3) is 0.200. The van der Waals surface area contributed by atoms with E-state index in [1.807, 2.05) is 6.20 Å². The number of hydrogen-bond acceptors (Lipinski definition) is 2. The molecule has 1 N–H and O–H groups in total. The predicted molar refractivity (Wildman–Crippen MR) is 100 cm³/mol. The van der Waals surface area contributed by atoms with Gasteiger partial charge in [-0.05, 0) is 53.9 Å². The van der Waals surface area contributed by atoms with Crippen LogP contribution in [0.2, 0.25) is 5.02 Å². The minimum Gasteiger partial charge on any atom is -0.352 e. The summed E-state index contributed by atoms with van der Waals surface area (Å²) in [5.74, 6) is -0.933. The molecule has 3 aromatic rings. The van der Waals surface area contributed by atoms with Crippen molar-refractivity contribution in [3.05, 3.63) is 76.4 Å². The highest BCUT2D eigenvalue weighted by Gasteiger charge is 2.12. The summed E-state index contributed by atoms with van der Waals surface area (Å²) in [5, 5.41) is 7.23. The van der Waals surface area contributed by atoms with Crippen molar-refractivity contribution in [1.82, 2.24) is 15.1 Å². The Morgan fingerprint density at radius 2 is 1.93 bits per heavy atom. The van der Waals surface area contributed by atoms with Crippen molar-refractivity contribution < 1.29 is 13.6 Å². The van der Waals surface area contributed by atoms with Gasteiger partial charge in [0.05, 0.1) is 10.7 Å². The molecule has 4 nitrogen and oxygen atoms in total. The van der Waals surface area contributed by atoms with E-state index in [4.69, 9.17) is 11.6 Å². The SMILES string of the molecule is Cn1cc(CCC(=O)NCc2ccc(F)c(Cl)c2)c(-c2ccc(F)cc2)n1. The number of benzene rings is 2. The Morgan fingerprint density at radius 1 is 1.19 bits per heavy atom. The zero-order valence-corrected chi connectivity index (χ0v) is 15.4. The molecule has 140 valence electrons. The lowest BCUT2D eigenvalue weighted by Crippen LogP contribution is -2.23. The monoisotopic (exact) mass is 389 g/mol. The van der Waals surface area contributed by atoms with Gasteiger partial charge in [0, 0.05) is 31.8 Å². The number of amides is 1. The van der Waals surface area contributed by atoms with Gasteiger partial charge in [0.2, 0.25) is 5.91 Å². The minimum absolute atomic E-state index is 0.0287. The molecule has 7 heteroatoms. The summed E-state index contributed by atoms with van der Waals surface area (Å²) in [5.41, 5.74) is 3.16. The number of rotatable bonds is 6. The van der Waals surface area contributed by atoms with Crippen molar-refractivity contribution in [2.24, 2.45) is 7.05 Å². The van der Waals surface area contributed by atoms with E-state index in [9.17, 15) is 13.6 Å². The third kappa shape index (κ3) is 4.92. The minimum atomic E-state index is -0.489. The van der Waals surface area contributed by atoms with Crippen LogP contribution in [0.25, 0.3) is 11.3 Å². The lowest BCUT2D eigenvalue weighted by atomic mass is 10.0. The van der Waals surface area contributed by atoms with Gasteiger partial charge in [-0.25, -0.2) is 8.78 Å². The Kier molecular flexibility index (Phi) is 5.86. The van der Waals surface area contributed by atoms with Crippen molar-refractivity contribution in [3.8, 4) is 11.3 Å². The van der Waals surface area contributed by atoms with Gasteiger partial charge in [-0.3, -0.25) is 9.48 Å². The van der Waals surface area contributed by atoms with Crippen LogP contribution in [0.3, 0.4) is 0 Å². The first kappa shape index (κ1) is 19.0. The summed E-state index contributed by atoms with van der Waals surface area (Å²) >= 11 is 5.74. The molecule has 2 aromatic carbocycles. The molecule has 0 saturated carbocycles. The van der Waals surface area contributed by atoms with Crippen LogP contribution in [0.4, 0.5) is 8.78 Å². The Morgan fingerprint density at radius 3 is 2.63 bits per heavy atom. The summed E-state index contributed by atoms with van der Waals surface area (Å²) in [6.07, 6.45) is 2.62. The van der Waals surface area contributed by atoms with E-state index >= 15 is 0 Å². The molecule has 1 heterocycles. The first-order valence-electron chi connectivity index (χ1n) is 8.41. The van der Waals surface area contributed by atoms with Gasteiger partial charge >= 0.3 is 0 Å². The van der Waals surface area contributed by atoms with E-state index in [2.05, 4.69) is 10.4 Å². The van der Waals surface area contributed by atoms with E-state index in [1.54, 1.807) is 29.9 Å². The summed E-state index contributed by atoms with van der Waals surface area (Å²) in [4.78, 5) is 12.1. The zero-order chi connectivity index (χ0) is 19.4. The van der Waals surface area contributed by atoms with Gasteiger partial charge in [0.15, 0.2) is 0 Å². The molecule has 0 unspecified atom stereocenters. The number of nitrogens with one attached hydrogen (secondary N) is 1. The molecular weight excluding hydrogens is 372 g/mol. The molecule has 0 bridgehead atoms. The Hall–Kier alpha value is -2.73. The zero-order valence-electron chi connectivity index (χ0n) is 14.7. The smallest absolute Gasteiger partial charge is 0.220 e. The molecule has 0 aliphatic heterocycles. The average molecular weight is 390 g/mol. The summed E-state index contributed by atoms with van der Waals surface area (Å²) < 4.78 is 28.0. The van der Waals surface area contributed by atoms with E-state index in [-0.39, 0.29) is 29.7 Å². The maximum atomic E-state index is 13.2. The van der Waals surface area contributed by atoms with Crippen molar-refractivity contribution in [1.29, 1.82) is 0 Å². The molecule has 1 amide bonds. The highest BCUT2D eigenvalue weighted by atomic mass is 35.5. The molecule has 0 aliphatic rings. The van der Waals surface area contributed by atoms with Gasteiger partial charge in [-0.15, -0.1) is 0 Å². The molecule has 27 heavy (non-hydrogen) atoms. The Labute approximate surface area is 160 Å². The maximum Gasteiger partial charge on any atom is 0.220 e. The van der Waals surface area contributed by atoms with Crippen LogP contribution in [-0.4, -0.2) is 15.7 Å². The van der Waals surface area contributed by atoms with Crippen molar-refractivity contribution in [3.63, 3.8) is 0 Å². The molecular formula is C20H18ClF2N3O. The van der Waals surface area contributed by atoms with Crippen molar-refractivity contribution in [2.75, 3.05) is 0 Å². The molecule has 0 aliphatic carbocycles. The molecule has 1 aromatic heterocycles. The van der Waals surface area contributed by atoms with Gasteiger partial charge in [0.1, 0.15) is 11.6 Å². The molecule has 0 atom stereocenters. The fourth-order valence-electron chi connectivity index (χ4n) is 2.76. The Balaban J connectivity index is 1.60. The normalized spacial score (nSPS) is 10.8. The quantitative estimate of drug-likeness (QED) is 0.684. The number of hydrogen-bond donors (Lipinski definition) is 1. The number of carbonyl (C=O) groups excluding carboxylic acids is 1.